The third-order valence-corrected chi connectivity index (χ3v) is 15.1. The lowest BCUT2D eigenvalue weighted by molar-refractivity contribution is -0.272. The topological polar surface area (TPSA) is 502 Å². The largest absolute Gasteiger partial charge is 0.472 e. The van der Waals surface area contributed by atoms with Gasteiger partial charge in [-0.05, 0) is 40.2 Å². The van der Waals surface area contributed by atoms with Crippen LogP contribution in [0.1, 0.15) is 67.2 Å². The van der Waals surface area contributed by atoms with Gasteiger partial charge in [-0.25, -0.2) is 4.57 Å². The van der Waals surface area contributed by atoms with Gasteiger partial charge in [0, 0.05) is 53.5 Å². The highest BCUT2D eigenvalue weighted by molar-refractivity contribution is 7.47. The molecule has 0 spiro atoms. The molecule has 0 aromatic heterocycles. The Kier molecular flexibility index (Phi) is 38.7. The number of phosphoric acid groups is 1. The molecule has 36 nitrogen and oxygen atoms in total. The average molecular weight is 1340 g/mol. The van der Waals surface area contributed by atoms with E-state index in [9.17, 15) is 84.2 Å². The SMILES string of the molecule is CC(=O)NC1C(OCCOCCNC(=O)CN(CCCCCCOP(=O)(O)OC(C)(C)C)CCN(CC(=O)NCCOCCOC2OC(CO)C(O)C(O)C2NC(C)=O)CC(=O)NCCOCCOC2OC(CO)C(O)C(O)C2NC(C)=O)OC(CO)C(O)C1O. The summed E-state index contributed by atoms with van der Waals surface area (Å²) in [7, 11) is -4.29. The lowest BCUT2D eigenvalue weighted by Gasteiger charge is -2.42. The molecule has 91 heavy (non-hydrogen) atoms. The summed E-state index contributed by atoms with van der Waals surface area (Å²) in [5.41, 5.74) is -0.914. The van der Waals surface area contributed by atoms with E-state index in [1.54, 1.807) is 25.7 Å². The number of hydrogen-bond donors (Lipinski definition) is 16. The van der Waals surface area contributed by atoms with Crippen molar-refractivity contribution in [2.45, 2.75) is 165 Å². The molecular formula is C54H101N8O28P. The molecule has 3 aliphatic heterocycles. The molecule has 37 heteroatoms. The van der Waals surface area contributed by atoms with Crippen LogP contribution < -0.4 is 31.9 Å². The summed E-state index contributed by atoms with van der Waals surface area (Å²) in [5.74, 6) is -2.96. The van der Waals surface area contributed by atoms with Crippen LogP contribution in [0, 0.1) is 0 Å². The van der Waals surface area contributed by atoms with Crippen molar-refractivity contribution < 1.29 is 136 Å². The highest BCUT2D eigenvalue weighted by Crippen LogP contribution is 2.47. The van der Waals surface area contributed by atoms with Crippen LogP contribution >= 0.6 is 7.82 Å². The van der Waals surface area contributed by atoms with Crippen LogP contribution in [0.2, 0.25) is 0 Å². The maximum atomic E-state index is 13.5. The first-order valence-corrected chi connectivity index (χ1v) is 31.8. The van der Waals surface area contributed by atoms with Gasteiger partial charge in [-0.3, -0.25) is 47.6 Å². The molecule has 16 N–H and O–H groups in total. The monoisotopic (exact) mass is 1340 g/mol. The Bertz CT molecular complexity index is 2100. The zero-order chi connectivity index (χ0) is 67.7. The number of rotatable bonds is 45. The molecule has 0 radical (unpaired) electrons. The van der Waals surface area contributed by atoms with E-state index in [0.717, 1.165) is 0 Å². The standard InChI is InChI=1S/C54H101N8O28P/c1-33(66)58-42-48(75)45(72)36(30-63)87-51(42)83-24-21-80-18-11-55-39(69)27-61(14-9-7-8-10-17-86-91(78,79)90-54(4,5)6)15-16-62(28-40(70)56-12-19-81-22-25-84-52-43(59-34(2)67)49(76)46(73)37(31-64)88-52)29-41(71)57-13-20-82-23-26-85-53-44(60-35(3)68)50(77)47(74)38(32-65)89-53/h36-38,42-53,63-65,72-77H,7-32H2,1-6H3,(H,55,69)(H,56,70)(H,57,71)(H,58,66)(H,59,67)(H,60,68)(H,78,79). The van der Waals surface area contributed by atoms with Gasteiger partial charge in [0.15, 0.2) is 18.9 Å². The number of amides is 6. The number of carbonyl (C=O) groups is 6. The van der Waals surface area contributed by atoms with Crippen LogP contribution in [0.3, 0.4) is 0 Å². The molecule has 0 saturated carbocycles. The molecule has 3 heterocycles. The maximum Gasteiger partial charge on any atom is 0.472 e. The molecule has 0 aromatic carbocycles. The van der Waals surface area contributed by atoms with E-state index < -0.39 is 161 Å². The average Bonchev–Trinajstić information content (AvgIpc) is 1.13. The smallest absolute Gasteiger partial charge is 0.394 e. The minimum atomic E-state index is -4.29. The fourth-order valence-corrected chi connectivity index (χ4v) is 10.6. The fourth-order valence-electron chi connectivity index (χ4n) is 9.49. The fraction of sp³-hybridized carbons (Fsp3) is 0.889. The first-order valence-electron chi connectivity index (χ1n) is 30.3. The van der Waals surface area contributed by atoms with Crippen LogP contribution in [-0.2, 0) is 85.0 Å². The van der Waals surface area contributed by atoms with Gasteiger partial charge in [0.25, 0.3) is 0 Å². The Morgan fingerprint density at radius 1 is 0.451 bits per heavy atom. The molecule has 0 aliphatic carbocycles. The molecular weight excluding hydrogens is 1240 g/mol. The van der Waals surface area contributed by atoms with E-state index in [0.29, 0.717) is 32.2 Å². The number of hydrogen-bond acceptors (Lipinski definition) is 29. The summed E-state index contributed by atoms with van der Waals surface area (Å²) in [4.78, 5) is 89.1. The Morgan fingerprint density at radius 2 is 0.780 bits per heavy atom. The maximum absolute atomic E-state index is 13.5. The number of unbranched alkanes of at least 4 members (excludes halogenated alkanes) is 3. The third-order valence-electron chi connectivity index (χ3n) is 13.8. The van der Waals surface area contributed by atoms with Gasteiger partial charge in [-0.15, -0.1) is 0 Å². The summed E-state index contributed by atoms with van der Waals surface area (Å²) in [6, 6.07) is -3.46. The Balaban J connectivity index is 1.63. The minimum absolute atomic E-state index is 0.00406. The Hall–Kier alpha value is -3.87. The Labute approximate surface area is 529 Å². The molecule has 3 rings (SSSR count). The van der Waals surface area contributed by atoms with Crippen molar-refractivity contribution in [1.29, 1.82) is 0 Å². The van der Waals surface area contributed by atoms with Gasteiger partial charge in [0.1, 0.15) is 73.1 Å². The van der Waals surface area contributed by atoms with Crippen molar-refractivity contribution in [3.8, 4) is 0 Å². The van der Waals surface area contributed by atoms with E-state index in [-0.39, 0.29) is 118 Å². The summed E-state index contributed by atoms with van der Waals surface area (Å²) < 4.78 is 73.1. The number of carbonyl (C=O) groups excluding carboxylic acids is 6. The van der Waals surface area contributed by atoms with Gasteiger partial charge >= 0.3 is 7.82 Å². The van der Waals surface area contributed by atoms with E-state index >= 15 is 0 Å². The number of aliphatic hydroxyl groups is 9. The number of nitrogens with zero attached hydrogens (tertiary/aromatic N) is 2. The van der Waals surface area contributed by atoms with Gasteiger partial charge in [0.2, 0.25) is 35.4 Å². The zero-order valence-electron chi connectivity index (χ0n) is 52.7. The first-order chi connectivity index (χ1) is 43.1. The highest BCUT2D eigenvalue weighted by atomic mass is 31.2. The second kappa shape index (κ2) is 43.3. The van der Waals surface area contributed by atoms with Crippen LogP contribution in [0.5, 0.6) is 0 Å². The van der Waals surface area contributed by atoms with Gasteiger partial charge < -0.3 is 125 Å². The highest BCUT2D eigenvalue weighted by Gasteiger charge is 2.48. The molecule has 16 atom stereocenters. The van der Waals surface area contributed by atoms with E-state index in [1.165, 1.54) is 20.8 Å². The predicted molar refractivity (Wildman–Crippen MR) is 313 cm³/mol. The quantitative estimate of drug-likeness (QED) is 0.0199. The zero-order valence-corrected chi connectivity index (χ0v) is 53.6. The molecule has 3 fully saturated rings. The lowest BCUT2D eigenvalue weighted by Crippen LogP contribution is -2.64. The summed E-state index contributed by atoms with van der Waals surface area (Å²) >= 11 is 0. The van der Waals surface area contributed by atoms with Crippen LogP contribution in [0.25, 0.3) is 0 Å². The number of ether oxygens (including phenoxy) is 9. The Morgan fingerprint density at radius 3 is 1.11 bits per heavy atom. The summed E-state index contributed by atoms with van der Waals surface area (Å²) in [6.45, 7) is 6.15. The molecule has 16 unspecified atom stereocenters. The van der Waals surface area contributed by atoms with Gasteiger partial charge in [-0.2, -0.15) is 0 Å². The van der Waals surface area contributed by atoms with E-state index in [4.69, 9.17) is 51.7 Å². The van der Waals surface area contributed by atoms with Crippen molar-refractivity contribution in [2.24, 2.45) is 0 Å². The van der Waals surface area contributed by atoms with Crippen molar-refractivity contribution in [3.05, 3.63) is 0 Å². The van der Waals surface area contributed by atoms with Gasteiger partial charge in [-0.1, -0.05) is 12.8 Å². The second-order valence-electron chi connectivity index (χ2n) is 22.7. The molecule has 530 valence electrons. The van der Waals surface area contributed by atoms with Crippen LogP contribution in [0.4, 0.5) is 0 Å². The second-order valence-corrected chi connectivity index (χ2v) is 24.1. The van der Waals surface area contributed by atoms with Crippen LogP contribution in [-0.4, -0.2) is 338 Å². The molecule has 0 aromatic rings. The summed E-state index contributed by atoms with van der Waals surface area (Å²) in [6.07, 6.45) is -14.1. The molecule has 3 saturated heterocycles. The van der Waals surface area contributed by atoms with Gasteiger partial charge in [0.05, 0.1) is 111 Å². The van der Waals surface area contributed by atoms with Crippen molar-refractivity contribution in [2.75, 3.05) is 145 Å². The van der Waals surface area contributed by atoms with E-state index in [1.807, 2.05) is 4.90 Å². The van der Waals surface area contributed by atoms with Crippen LogP contribution in [0.15, 0.2) is 0 Å². The lowest BCUT2D eigenvalue weighted by atomic mass is 9.97. The van der Waals surface area contributed by atoms with Crippen molar-refractivity contribution >= 4 is 43.3 Å². The number of aliphatic hydroxyl groups excluding tert-OH is 9. The van der Waals surface area contributed by atoms with Crippen molar-refractivity contribution in [3.63, 3.8) is 0 Å². The number of phosphoric ester groups is 1. The summed E-state index contributed by atoms with van der Waals surface area (Å²) in [5, 5.41) is 107. The van der Waals surface area contributed by atoms with E-state index in [2.05, 4.69) is 31.9 Å². The third kappa shape index (κ3) is 32.0. The molecule has 0 bridgehead atoms. The minimum Gasteiger partial charge on any atom is -0.394 e. The van der Waals surface area contributed by atoms with Crippen molar-refractivity contribution in [1.82, 2.24) is 41.7 Å². The first kappa shape index (κ1) is 81.4. The molecule has 3 aliphatic rings. The number of nitrogens with one attached hydrogen (secondary N) is 6. The normalized spacial score (nSPS) is 27.6. The predicted octanol–water partition coefficient (Wildman–Crippen LogP) is -7.64. The molecule has 6 amide bonds.